The molecule has 32 heavy (non-hydrogen) atoms. The lowest BCUT2D eigenvalue weighted by Gasteiger charge is -2.38. The second kappa shape index (κ2) is 9.20. The Hall–Kier alpha value is -1.82. The van der Waals surface area contributed by atoms with Crippen molar-refractivity contribution >= 4 is 11.3 Å². The summed E-state index contributed by atoms with van der Waals surface area (Å²) >= 11 is 0. The van der Waals surface area contributed by atoms with E-state index in [4.69, 9.17) is 19.9 Å². The lowest BCUT2D eigenvalue weighted by atomic mass is 9.95. The lowest BCUT2D eigenvalue weighted by molar-refractivity contribution is -0.221. The van der Waals surface area contributed by atoms with Crippen molar-refractivity contribution in [3.05, 3.63) is 24.2 Å². The van der Waals surface area contributed by atoms with Crippen molar-refractivity contribution in [1.29, 1.82) is 0 Å². The zero-order valence-corrected chi connectivity index (χ0v) is 19.6. The number of likely N-dealkylation sites (N-methyl/N-ethyl adjacent to an activating group) is 1. The summed E-state index contributed by atoms with van der Waals surface area (Å²) in [6.07, 6.45) is 0.627. The third-order valence-corrected chi connectivity index (χ3v) is 6.29. The van der Waals surface area contributed by atoms with E-state index >= 15 is 0 Å². The van der Waals surface area contributed by atoms with Gasteiger partial charge in [0, 0.05) is 31.6 Å². The number of nitrogens with zero attached hydrogens (tertiary/aromatic N) is 5. The van der Waals surface area contributed by atoms with Crippen LogP contribution in [0.25, 0.3) is 5.52 Å². The number of nitrogens with two attached hydrogens (primary N) is 1. The average molecular weight is 449 g/mol. The summed E-state index contributed by atoms with van der Waals surface area (Å²) in [5.74, 6) is -0.823. The molecule has 5 atom stereocenters. The van der Waals surface area contributed by atoms with Gasteiger partial charge in [0.25, 0.3) is 0 Å². The van der Waals surface area contributed by atoms with Gasteiger partial charge in [-0.15, -0.1) is 0 Å². The molecule has 2 aliphatic rings. The van der Waals surface area contributed by atoms with Crippen LogP contribution >= 0.6 is 0 Å². The predicted octanol–water partition coefficient (Wildman–Crippen LogP) is 0.764. The SMILES string of the molecule is C[C@H]1[C@@H](OC(C)(C)O)[C@H](c2ccc3c(N)ncnn23)O[C@@H]1CN1CCOC[C@H]1CN(C)C. The van der Waals surface area contributed by atoms with Gasteiger partial charge in [-0.2, -0.15) is 5.10 Å². The molecule has 10 nitrogen and oxygen atoms in total. The third-order valence-electron chi connectivity index (χ3n) is 6.29. The van der Waals surface area contributed by atoms with Crippen LogP contribution in [-0.4, -0.2) is 100 Å². The Kier molecular flexibility index (Phi) is 6.71. The third kappa shape index (κ3) is 4.90. The monoisotopic (exact) mass is 448 g/mol. The molecule has 2 aliphatic heterocycles. The molecule has 0 radical (unpaired) electrons. The fraction of sp³-hybridized carbons (Fsp3) is 0.727. The Morgan fingerprint density at radius 2 is 2.12 bits per heavy atom. The van der Waals surface area contributed by atoms with E-state index < -0.39 is 11.9 Å². The number of aliphatic hydroxyl groups is 1. The normalized spacial score (nSPS) is 29.9. The van der Waals surface area contributed by atoms with Crippen molar-refractivity contribution < 1.29 is 19.3 Å². The summed E-state index contributed by atoms with van der Waals surface area (Å²) < 4.78 is 20.2. The summed E-state index contributed by atoms with van der Waals surface area (Å²) in [6.45, 7) is 9.42. The van der Waals surface area contributed by atoms with Gasteiger partial charge in [0.05, 0.1) is 31.1 Å². The molecule has 0 aromatic carbocycles. The number of aromatic nitrogens is 3. The van der Waals surface area contributed by atoms with E-state index in [1.165, 1.54) is 6.33 Å². The van der Waals surface area contributed by atoms with Gasteiger partial charge in [-0.25, -0.2) is 9.50 Å². The summed E-state index contributed by atoms with van der Waals surface area (Å²) in [6, 6.07) is 4.15. The first-order chi connectivity index (χ1) is 15.1. The summed E-state index contributed by atoms with van der Waals surface area (Å²) in [4.78, 5) is 8.71. The van der Waals surface area contributed by atoms with Crippen LogP contribution in [0.15, 0.2) is 18.5 Å². The minimum atomic E-state index is -1.29. The Labute approximate surface area is 189 Å². The zero-order chi connectivity index (χ0) is 23.0. The molecule has 4 heterocycles. The molecule has 0 saturated carbocycles. The Morgan fingerprint density at radius 3 is 2.84 bits per heavy atom. The zero-order valence-electron chi connectivity index (χ0n) is 19.6. The highest BCUT2D eigenvalue weighted by molar-refractivity contribution is 5.65. The molecule has 2 fully saturated rings. The number of hydrogen-bond donors (Lipinski definition) is 2. The number of morpholine rings is 1. The number of rotatable bonds is 7. The second-order valence-electron chi connectivity index (χ2n) is 9.67. The Morgan fingerprint density at radius 1 is 1.34 bits per heavy atom. The van der Waals surface area contributed by atoms with Gasteiger partial charge < -0.3 is 30.0 Å². The van der Waals surface area contributed by atoms with Crippen molar-refractivity contribution in [3.8, 4) is 0 Å². The average Bonchev–Trinajstić information content (AvgIpc) is 3.25. The van der Waals surface area contributed by atoms with Crippen LogP contribution in [0.3, 0.4) is 0 Å². The first-order valence-corrected chi connectivity index (χ1v) is 11.2. The number of fused-ring (bicyclic) bond motifs is 1. The molecular weight excluding hydrogens is 412 g/mol. The van der Waals surface area contributed by atoms with E-state index in [0.29, 0.717) is 18.5 Å². The number of nitrogen functional groups attached to an aromatic ring is 1. The molecule has 2 saturated heterocycles. The minimum absolute atomic E-state index is 0.0546. The fourth-order valence-electron chi connectivity index (χ4n) is 4.77. The summed E-state index contributed by atoms with van der Waals surface area (Å²) in [7, 11) is 4.16. The molecule has 2 aromatic heterocycles. The number of anilines is 1. The maximum absolute atomic E-state index is 10.5. The fourth-order valence-corrected chi connectivity index (χ4v) is 4.77. The predicted molar refractivity (Wildman–Crippen MR) is 120 cm³/mol. The summed E-state index contributed by atoms with van der Waals surface area (Å²) in [5.41, 5.74) is 7.59. The quantitative estimate of drug-likeness (QED) is 0.593. The van der Waals surface area contributed by atoms with Crippen LogP contribution in [-0.2, 0) is 14.2 Å². The van der Waals surface area contributed by atoms with Crippen LogP contribution in [0.2, 0.25) is 0 Å². The van der Waals surface area contributed by atoms with Crippen LogP contribution in [0.1, 0.15) is 32.6 Å². The van der Waals surface area contributed by atoms with Crippen LogP contribution in [0.4, 0.5) is 5.82 Å². The molecule has 0 unspecified atom stereocenters. The van der Waals surface area contributed by atoms with Crippen LogP contribution in [0, 0.1) is 5.92 Å². The molecular formula is C22H36N6O4. The van der Waals surface area contributed by atoms with Gasteiger partial charge in [0.15, 0.2) is 11.6 Å². The molecule has 2 aromatic rings. The molecule has 10 heteroatoms. The van der Waals surface area contributed by atoms with Gasteiger partial charge in [0.2, 0.25) is 0 Å². The number of ether oxygens (including phenoxy) is 3. The minimum Gasteiger partial charge on any atom is -0.382 e. The van der Waals surface area contributed by atoms with Gasteiger partial charge >= 0.3 is 0 Å². The molecule has 0 amide bonds. The van der Waals surface area contributed by atoms with Gasteiger partial charge in [-0.05, 0) is 40.1 Å². The molecule has 178 valence electrons. The number of hydrogen-bond acceptors (Lipinski definition) is 9. The van der Waals surface area contributed by atoms with E-state index in [9.17, 15) is 5.11 Å². The topological polar surface area (TPSA) is 111 Å². The highest BCUT2D eigenvalue weighted by atomic mass is 16.6. The summed E-state index contributed by atoms with van der Waals surface area (Å²) in [5, 5.41) is 14.8. The molecule has 3 N–H and O–H groups in total. The van der Waals surface area contributed by atoms with Crippen molar-refractivity contribution in [2.24, 2.45) is 5.92 Å². The molecule has 0 spiro atoms. The van der Waals surface area contributed by atoms with Gasteiger partial charge in [-0.1, -0.05) is 6.92 Å². The van der Waals surface area contributed by atoms with Crippen molar-refractivity contribution in [2.45, 2.75) is 50.9 Å². The standard InChI is InChI=1S/C22H36N6O4/c1-14-18(11-27-8-9-30-12-15(27)10-26(4)5)31-20(19(14)32-22(2,3)29)16-6-7-17-21(23)24-13-25-28(16)17/h6-7,13-15,18-20,29H,8-12H2,1-5H3,(H2,23,24,25)/t14-,15-,18-,19-,20+/m1/s1. The van der Waals surface area contributed by atoms with E-state index in [2.05, 4.69) is 40.9 Å². The van der Waals surface area contributed by atoms with Crippen LogP contribution in [0.5, 0.6) is 0 Å². The van der Waals surface area contributed by atoms with E-state index in [0.717, 1.165) is 37.5 Å². The first kappa shape index (κ1) is 23.3. The van der Waals surface area contributed by atoms with Crippen molar-refractivity contribution in [1.82, 2.24) is 24.4 Å². The largest absolute Gasteiger partial charge is 0.382 e. The highest BCUT2D eigenvalue weighted by Gasteiger charge is 2.47. The van der Waals surface area contributed by atoms with Crippen molar-refractivity contribution in [2.75, 3.05) is 52.7 Å². The van der Waals surface area contributed by atoms with Gasteiger partial charge in [0.1, 0.15) is 17.9 Å². The Balaban J connectivity index is 1.60. The van der Waals surface area contributed by atoms with Crippen LogP contribution < -0.4 is 5.73 Å². The molecule has 4 rings (SSSR count). The molecule has 0 aliphatic carbocycles. The van der Waals surface area contributed by atoms with E-state index in [1.54, 1.807) is 18.4 Å². The molecule has 0 bridgehead atoms. The maximum atomic E-state index is 10.5. The Bertz CT molecular complexity index is 913. The first-order valence-electron chi connectivity index (χ1n) is 11.2. The maximum Gasteiger partial charge on any atom is 0.160 e. The van der Waals surface area contributed by atoms with Gasteiger partial charge in [-0.3, -0.25) is 4.90 Å². The second-order valence-corrected chi connectivity index (χ2v) is 9.67. The lowest BCUT2D eigenvalue weighted by Crippen LogP contribution is -2.53. The highest BCUT2D eigenvalue weighted by Crippen LogP contribution is 2.41. The van der Waals surface area contributed by atoms with E-state index in [-0.39, 0.29) is 18.1 Å². The van der Waals surface area contributed by atoms with E-state index in [1.807, 2.05) is 12.1 Å². The van der Waals surface area contributed by atoms with Crippen molar-refractivity contribution in [3.63, 3.8) is 0 Å². The smallest absolute Gasteiger partial charge is 0.160 e.